The molecule has 0 saturated heterocycles. The Morgan fingerprint density at radius 3 is 2.33 bits per heavy atom. The predicted octanol–water partition coefficient (Wildman–Crippen LogP) is 0.585. The summed E-state index contributed by atoms with van der Waals surface area (Å²) in [4.78, 5) is 27.0. The molecule has 0 saturated carbocycles. The molecule has 0 aliphatic carbocycles. The van der Waals surface area contributed by atoms with Gasteiger partial charge >= 0.3 is 13.6 Å². The van der Waals surface area contributed by atoms with E-state index in [0.29, 0.717) is 0 Å². The summed E-state index contributed by atoms with van der Waals surface area (Å²) in [5.74, 6) is -1.07. The second-order valence-corrected chi connectivity index (χ2v) is 4.15. The van der Waals surface area contributed by atoms with E-state index in [2.05, 4.69) is 0 Å². The SMILES string of the molecule is C/C(=C\CCP(=O)(O)O)C(=O)O. The first kappa shape index (κ1) is 11.4. The van der Waals surface area contributed by atoms with Gasteiger partial charge in [-0.2, -0.15) is 0 Å². The number of carboxylic acids is 1. The Balaban J connectivity index is 3.92. The standard InChI is InChI=1S/C6H11O5P/c1-5(6(7)8)3-2-4-12(9,10)11/h3H,2,4H2,1H3,(H,7,8)(H2,9,10,11)/b5-3+. The van der Waals surface area contributed by atoms with E-state index in [9.17, 15) is 9.36 Å². The van der Waals surface area contributed by atoms with Gasteiger partial charge in [-0.25, -0.2) is 4.79 Å². The molecule has 0 aromatic carbocycles. The van der Waals surface area contributed by atoms with Crippen molar-refractivity contribution in [1.29, 1.82) is 0 Å². The van der Waals surface area contributed by atoms with E-state index in [1.807, 2.05) is 0 Å². The zero-order valence-corrected chi connectivity index (χ0v) is 7.49. The van der Waals surface area contributed by atoms with Crippen LogP contribution in [0.3, 0.4) is 0 Å². The molecule has 0 radical (unpaired) electrons. The molecular formula is C6H11O5P. The number of rotatable bonds is 4. The first-order valence-electron chi connectivity index (χ1n) is 3.27. The molecule has 0 spiro atoms. The minimum Gasteiger partial charge on any atom is -0.478 e. The van der Waals surface area contributed by atoms with Crippen molar-refractivity contribution in [2.75, 3.05) is 6.16 Å². The molecule has 6 heteroatoms. The third-order valence-corrected chi connectivity index (χ3v) is 2.05. The molecule has 0 aliphatic heterocycles. The van der Waals surface area contributed by atoms with Gasteiger partial charge < -0.3 is 14.9 Å². The zero-order valence-electron chi connectivity index (χ0n) is 6.60. The Kier molecular flexibility index (Phi) is 4.17. The molecule has 0 atom stereocenters. The number of carboxylic acid groups (broad SMARTS) is 1. The highest BCUT2D eigenvalue weighted by atomic mass is 31.2. The third kappa shape index (κ3) is 6.09. The second-order valence-electron chi connectivity index (χ2n) is 2.37. The molecule has 5 nitrogen and oxygen atoms in total. The molecule has 0 aromatic heterocycles. The number of hydrogen-bond acceptors (Lipinski definition) is 2. The van der Waals surface area contributed by atoms with Crippen molar-refractivity contribution >= 4 is 13.6 Å². The Morgan fingerprint density at radius 2 is 2.00 bits per heavy atom. The Morgan fingerprint density at radius 1 is 1.50 bits per heavy atom. The molecule has 0 fully saturated rings. The van der Waals surface area contributed by atoms with Gasteiger partial charge in [0.05, 0.1) is 6.16 Å². The van der Waals surface area contributed by atoms with Gasteiger partial charge in [0.25, 0.3) is 0 Å². The van der Waals surface area contributed by atoms with Gasteiger partial charge in [0.15, 0.2) is 0 Å². The number of aliphatic carboxylic acids is 1. The summed E-state index contributed by atoms with van der Waals surface area (Å²) in [7, 11) is -3.99. The van der Waals surface area contributed by atoms with Crippen molar-refractivity contribution in [2.24, 2.45) is 0 Å². The van der Waals surface area contributed by atoms with E-state index in [1.165, 1.54) is 13.0 Å². The Bertz CT molecular complexity index is 238. The highest BCUT2D eigenvalue weighted by Gasteiger charge is 2.10. The smallest absolute Gasteiger partial charge is 0.330 e. The summed E-state index contributed by atoms with van der Waals surface area (Å²) in [5, 5.41) is 8.35. The van der Waals surface area contributed by atoms with E-state index in [0.717, 1.165) is 0 Å². The normalized spacial score (nSPS) is 13.1. The minimum atomic E-state index is -3.99. The van der Waals surface area contributed by atoms with Crippen molar-refractivity contribution in [2.45, 2.75) is 13.3 Å². The number of carbonyl (C=O) groups is 1. The lowest BCUT2D eigenvalue weighted by molar-refractivity contribution is -0.132. The van der Waals surface area contributed by atoms with Crippen LogP contribution in [0.15, 0.2) is 11.6 Å². The van der Waals surface area contributed by atoms with Crippen LogP contribution in [-0.2, 0) is 9.36 Å². The van der Waals surface area contributed by atoms with E-state index in [-0.39, 0.29) is 18.2 Å². The molecule has 0 bridgehead atoms. The predicted molar refractivity (Wildman–Crippen MR) is 42.9 cm³/mol. The lowest BCUT2D eigenvalue weighted by atomic mass is 10.2. The fourth-order valence-electron chi connectivity index (χ4n) is 0.537. The fourth-order valence-corrected chi connectivity index (χ4v) is 1.00. The van der Waals surface area contributed by atoms with Crippen molar-refractivity contribution in [3.8, 4) is 0 Å². The maximum Gasteiger partial charge on any atom is 0.330 e. The summed E-state index contributed by atoms with van der Waals surface area (Å²) >= 11 is 0. The molecule has 12 heavy (non-hydrogen) atoms. The maximum absolute atomic E-state index is 10.3. The van der Waals surface area contributed by atoms with E-state index < -0.39 is 13.6 Å². The summed E-state index contributed by atoms with van der Waals surface area (Å²) in [6.45, 7) is 1.38. The molecule has 0 unspecified atom stereocenters. The zero-order chi connectivity index (χ0) is 9.78. The number of allylic oxidation sites excluding steroid dienone is 1. The van der Waals surface area contributed by atoms with Crippen LogP contribution >= 0.6 is 7.60 Å². The van der Waals surface area contributed by atoms with Crippen LogP contribution < -0.4 is 0 Å². The third-order valence-electron chi connectivity index (χ3n) is 1.21. The second kappa shape index (κ2) is 4.40. The molecule has 3 N–H and O–H groups in total. The van der Waals surface area contributed by atoms with Crippen LogP contribution in [0, 0.1) is 0 Å². The largest absolute Gasteiger partial charge is 0.478 e. The van der Waals surface area contributed by atoms with Crippen molar-refractivity contribution in [3.63, 3.8) is 0 Å². The lowest BCUT2D eigenvalue weighted by Crippen LogP contribution is -1.96. The summed E-state index contributed by atoms with van der Waals surface area (Å²) < 4.78 is 10.3. The van der Waals surface area contributed by atoms with Gasteiger partial charge in [0.1, 0.15) is 0 Å². The molecule has 0 aliphatic rings. The molecular weight excluding hydrogens is 183 g/mol. The summed E-state index contributed by atoms with van der Waals surface area (Å²) in [6, 6.07) is 0. The number of hydrogen-bond donors (Lipinski definition) is 3. The topological polar surface area (TPSA) is 94.8 Å². The Hall–Kier alpha value is -0.640. The highest BCUT2D eigenvalue weighted by Crippen LogP contribution is 2.34. The van der Waals surface area contributed by atoms with Crippen molar-refractivity contribution < 1.29 is 24.3 Å². The first-order valence-corrected chi connectivity index (χ1v) is 5.07. The van der Waals surface area contributed by atoms with Gasteiger partial charge in [0, 0.05) is 5.57 Å². The monoisotopic (exact) mass is 194 g/mol. The van der Waals surface area contributed by atoms with Crippen LogP contribution in [0.2, 0.25) is 0 Å². The lowest BCUT2D eigenvalue weighted by Gasteiger charge is -1.99. The van der Waals surface area contributed by atoms with Crippen LogP contribution in [0.5, 0.6) is 0 Å². The van der Waals surface area contributed by atoms with Crippen LogP contribution in [-0.4, -0.2) is 27.0 Å². The van der Waals surface area contributed by atoms with Gasteiger partial charge in [-0.3, -0.25) is 4.57 Å². The van der Waals surface area contributed by atoms with E-state index >= 15 is 0 Å². The van der Waals surface area contributed by atoms with Gasteiger partial charge in [0.2, 0.25) is 0 Å². The quantitative estimate of drug-likeness (QED) is 0.449. The van der Waals surface area contributed by atoms with E-state index in [1.54, 1.807) is 0 Å². The molecule has 0 heterocycles. The molecule has 0 aromatic rings. The fraction of sp³-hybridized carbons (Fsp3) is 0.500. The molecule has 0 amide bonds. The first-order chi connectivity index (χ1) is 5.33. The summed E-state index contributed by atoms with van der Waals surface area (Å²) in [6.07, 6.45) is 1.07. The average Bonchev–Trinajstić information content (AvgIpc) is 1.84. The van der Waals surface area contributed by atoms with Crippen molar-refractivity contribution in [3.05, 3.63) is 11.6 Å². The Labute approximate surface area is 69.9 Å². The van der Waals surface area contributed by atoms with Crippen LogP contribution in [0.4, 0.5) is 0 Å². The highest BCUT2D eigenvalue weighted by molar-refractivity contribution is 7.51. The van der Waals surface area contributed by atoms with E-state index in [4.69, 9.17) is 14.9 Å². The summed E-state index contributed by atoms with van der Waals surface area (Å²) in [5.41, 5.74) is 0.100. The molecule has 70 valence electrons. The van der Waals surface area contributed by atoms with Crippen LogP contribution in [0.1, 0.15) is 13.3 Å². The van der Waals surface area contributed by atoms with Gasteiger partial charge in [-0.15, -0.1) is 0 Å². The minimum absolute atomic E-state index is 0.0857. The van der Waals surface area contributed by atoms with Gasteiger partial charge in [-0.1, -0.05) is 6.08 Å². The van der Waals surface area contributed by atoms with Crippen molar-refractivity contribution in [1.82, 2.24) is 0 Å². The maximum atomic E-state index is 10.3. The van der Waals surface area contributed by atoms with Crippen LogP contribution in [0.25, 0.3) is 0 Å². The molecule has 0 rings (SSSR count). The average molecular weight is 194 g/mol. The van der Waals surface area contributed by atoms with Gasteiger partial charge in [-0.05, 0) is 13.3 Å².